The predicted octanol–water partition coefficient (Wildman–Crippen LogP) is 4.71. The summed E-state index contributed by atoms with van der Waals surface area (Å²) in [5.74, 6) is 0.782. The van der Waals surface area contributed by atoms with Crippen LogP contribution < -0.4 is 5.32 Å². The second-order valence-corrected chi connectivity index (χ2v) is 6.30. The molecule has 1 N–H and O–H groups in total. The fraction of sp³-hybridized carbons (Fsp3) is 0.632. The minimum absolute atomic E-state index is 0.276. The van der Waals surface area contributed by atoms with Crippen LogP contribution in [0.1, 0.15) is 56.9 Å². The minimum Gasteiger partial charge on any atom is -0.449 e. The standard InChI is InChI=1S/C19H29NO2/c21-19(22-16-14-18-11-7-4-8-12-18)20-15-13-17-9-5-2-1-3-6-10-17/h4,7-8,11-12,17H,1-3,5-6,9-10,13-16H2,(H,20,21). The Morgan fingerprint density at radius 2 is 1.73 bits per heavy atom. The third kappa shape index (κ3) is 6.97. The Bertz CT molecular complexity index is 411. The van der Waals surface area contributed by atoms with Crippen LogP contribution in [0.2, 0.25) is 0 Å². The lowest BCUT2D eigenvalue weighted by Gasteiger charge is -2.19. The molecular formula is C19H29NO2. The van der Waals surface area contributed by atoms with Gasteiger partial charge < -0.3 is 10.1 Å². The Morgan fingerprint density at radius 3 is 2.45 bits per heavy atom. The van der Waals surface area contributed by atoms with Crippen molar-refractivity contribution in [2.24, 2.45) is 5.92 Å². The molecule has 3 heteroatoms. The van der Waals surface area contributed by atoms with Gasteiger partial charge in [0, 0.05) is 13.0 Å². The number of amides is 1. The number of hydrogen-bond acceptors (Lipinski definition) is 2. The molecule has 0 bridgehead atoms. The van der Waals surface area contributed by atoms with Gasteiger partial charge in [-0.2, -0.15) is 0 Å². The van der Waals surface area contributed by atoms with Gasteiger partial charge in [0.1, 0.15) is 0 Å². The summed E-state index contributed by atoms with van der Waals surface area (Å²) in [6.07, 6.45) is 11.1. The molecule has 0 aliphatic heterocycles. The zero-order valence-corrected chi connectivity index (χ0v) is 13.6. The minimum atomic E-state index is -0.276. The molecule has 0 unspecified atom stereocenters. The van der Waals surface area contributed by atoms with Crippen LogP contribution >= 0.6 is 0 Å². The van der Waals surface area contributed by atoms with Crippen molar-refractivity contribution >= 4 is 6.09 Å². The summed E-state index contributed by atoms with van der Waals surface area (Å²) in [6, 6.07) is 10.1. The molecule has 122 valence electrons. The SMILES string of the molecule is O=C(NCCC1CCCCCCC1)OCCc1ccccc1. The smallest absolute Gasteiger partial charge is 0.407 e. The molecule has 3 nitrogen and oxygen atoms in total. The fourth-order valence-corrected chi connectivity index (χ4v) is 3.17. The van der Waals surface area contributed by atoms with Crippen LogP contribution in [0, 0.1) is 5.92 Å². The van der Waals surface area contributed by atoms with E-state index in [0.29, 0.717) is 6.61 Å². The highest BCUT2D eigenvalue weighted by Crippen LogP contribution is 2.24. The maximum Gasteiger partial charge on any atom is 0.407 e. The maximum atomic E-state index is 11.7. The topological polar surface area (TPSA) is 38.3 Å². The number of rotatable bonds is 6. The Kier molecular flexibility index (Phi) is 7.86. The first-order valence-corrected chi connectivity index (χ1v) is 8.79. The van der Waals surface area contributed by atoms with Crippen LogP contribution in [0.3, 0.4) is 0 Å². The van der Waals surface area contributed by atoms with E-state index in [2.05, 4.69) is 17.4 Å². The van der Waals surface area contributed by atoms with Crippen molar-refractivity contribution in [2.75, 3.05) is 13.2 Å². The van der Waals surface area contributed by atoms with E-state index in [1.807, 2.05) is 18.2 Å². The molecule has 1 amide bonds. The Balaban J connectivity index is 1.53. The molecule has 0 heterocycles. The highest BCUT2D eigenvalue weighted by atomic mass is 16.5. The molecule has 0 saturated heterocycles. The quantitative estimate of drug-likeness (QED) is 0.826. The fourth-order valence-electron chi connectivity index (χ4n) is 3.17. The number of carbonyl (C=O) groups is 1. The lowest BCUT2D eigenvalue weighted by Crippen LogP contribution is -2.27. The van der Waals surface area contributed by atoms with Crippen LogP contribution in [0.4, 0.5) is 4.79 Å². The van der Waals surface area contributed by atoms with Crippen molar-refractivity contribution in [3.63, 3.8) is 0 Å². The summed E-state index contributed by atoms with van der Waals surface area (Å²) >= 11 is 0. The lowest BCUT2D eigenvalue weighted by atomic mass is 9.89. The van der Waals surface area contributed by atoms with Crippen LogP contribution in [-0.2, 0) is 11.2 Å². The molecule has 1 aromatic rings. The summed E-state index contributed by atoms with van der Waals surface area (Å²) in [4.78, 5) is 11.7. The molecular weight excluding hydrogens is 274 g/mol. The highest BCUT2D eigenvalue weighted by Gasteiger charge is 2.11. The van der Waals surface area contributed by atoms with E-state index >= 15 is 0 Å². The molecule has 0 spiro atoms. The van der Waals surface area contributed by atoms with E-state index in [1.165, 1.54) is 50.5 Å². The van der Waals surface area contributed by atoms with Crippen molar-refractivity contribution in [3.8, 4) is 0 Å². The number of hydrogen-bond donors (Lipinski definition) is 1. The average molecular weight is 303 g/mol. The molecule has 0 radical (unpaired) electrons. The number of nitrogens with one attached hydrogen (secondary N) is 1. The van der Waals surface area contributed by atoms with E-state index in [4.69, 9.17) is 4.74 Å². The van der Waals surface area contributed by atoms with Crippen LogP contribution in [-0.4, -0.2) is 19.2 Å². The molecule has 0 atom stereocenters. The van der Waals surface area contributed by atoms with Crippen LogP contribution in [0.15, 0.2) is 30.3 Å². The average Bonchev–Trinajstić information content (AvgIpc) is 2.50. The summed E-state index contributed by atoms with van der Waals surface area (Å²) in [5.41, 5.74) is 1.20. The van der Waals surface area contributed by atoms with Gasteiger partial charge >= 0.3 is 6.09 Å². The molecule has 1 aliphatic carbocycles. The van der Waals surface area contributed by atoms with Gasteiger partial charge in [0.05, 0.1) is 6.61 Å². The van der Waals surface area contributed by atoms with Crippen LogP contribution in [0.5, 0.6) is 0 Å². The number of ether oxygens (including phenoxy) is 1. The molecule has 22 heavy (non-hydrogen) atoms. The predicted molar refractivity (Wildman–Crippen MR) is 89.9 cm³/mol. The first-order valence-electron chi connectivity index (χ1n) is 8.79. The number of carbonyl (C=O) groups excluding carboxylic acids is 1. The Labute approximate surface area is 134 Å². The van der Waals surface area contributed by atoms with E-state index in [1.54, 1.807) is 0 Å². The monoisotopic (exact) mass is 303 g/mol. The number of benzene rings is 1. The summed E-state index contributed by atoms with van der Waals surface area (Å²) in [5, 5.41) is 2.89. The lowest BCUT2D eigenvalue weighted by molar-refractivity contribution is 0.146. The van der Waals surface area contributed by atoms with Gasteiger partial charge in [-0.25, -0.2) is 4.79 Å². The molecule has 0 aromatic heterocycles. The van der Waals surface area contributed by atoms with Gasteiger partial charge in [0.15, 0.2) is 0 Å². The highest BCUT2D eigenvalue weighted by molar-refractivity contribution is 5.67. The zero-order valence-electron chi connectivity index (χ0n) is 13.6. The molecule has 1 aromatic carbocycles. The van der Waals surface area contributed by atoms with E-state index in [9.17, 15) is 4.79 Å². The van der Waals surface area contributed by atoms with Gasteiger partial charge in [-0.3, -0.25) is 0 Å². The first kappa shape index (κ1) is 16.9. The second-order valence-electron chi connectivity index (χ2n) is 6.30. The normalized spacial score (nSPS) is 16.5. The van der Waals surface area contributed by atoms with E-state index < -0.39 is 0 Å². The Hall–Kier alpha value is -1.51. The second kappa shape index (κ2) is 10.3. The largest absolute Gasteiger partial charge is 0.449 e. The summed E-state index contributed by atoms with van der Waals surface area (Å²) < 4.78 is 5.23. The molecule has 1 fully saturated rings. The third-order valence-electron chi connectivity index (χ3n) is 4.51. The third-order valence-corrected chi connectivity index (χ3v) is 4.51. The zero-order chi connectivity index (χ0) is 15.5. The van der Waals surface area contributed by atoms with Crippen molar-refractivity contribution in [2.45, 2.75) is 57.8 Å². The Morgan fingerprint density at radius 1 is 1.05 bits per heavy atom. The molecule has 2 rings (SSSR count). The number of alkyl carbamates (subject to hydrolysis) is 1. The maximum absolute atomic E-state index is 11.7. The molecule has 1 aliphatic rings. The van der Waals surface area contributed by atoms with E-state index in [-0.39, 0.29) is 6.09 Å². The van der Waals surface area contributed by atoms with Gasteiger partial charge in [0.2, 0.25) is 0 Å². The van der Waals surface area contributed by atoms with Gasteiger partial charge in [-0.1, -0.05) is 75.3 Å². The van der Waals surface area contributed by atoms with Crippen molar-refractivity contribution in [1.29, 1.82) is 0 Å². The van der Waals surface area contributed by atoms with Gasteiger partial charge in [-0.05, 0) is 17.9 Å². The summed E-state index contributed by atoms with van der Waals surface area (Å²) in [6.45, 7) is 1.19. The van der Waals surface area contributed by atoms with Crippen molar-refractivity contribution < 1.29 is 9.53 Å². The van der Waals surface area contributed by atoms with E-state index in [0.717, 1.165) is 25.3 Å². The van der Waals surface area contributed by atoms with Gasteiger partial charge in [-0.15, -0.1) is 0 Å². The van der Waals surface area contributed by atoms with Crippen molar-refractivity contribution in [1.82, 2.24) is 5.32 Å². The molecule has 1 saturated carbocycles. The van der Waals surface area contributed by atoms with Gasteiger partial charge in [0.25, 0.3) is 0 Å². The summed E-state index contributed by atoms with van der Waals surface area (Å²) in [7, 11) is 0. The van der Waals surface area contributed by atoms with Crippen molar-refractivity contribution in [3.05, 3.63) is 35.9 Å². The first-order chi connectivity index (χ1) is 10.8. The van der Waals surface area contributed by atoms with Crippen LogP contribution in [0.25, 0.3) is 0 Å².